The molecule has 1 saturated carbocycles. The van der Waals surface area contributed by atoms with Crippen molar-refractivity contribution in [3.63, 3.8) is 0 Å². The van der Waals surface area contributed by atoms with Gasteiger partial charge in [-0.1, -0.05) is 25.1 Å². The van der Waals surface area contributed by atoms with Crippen molar-refractivity contribution in [1.82, 2.24) is 20.9 Å². The number of hydrogen-bond donors (Lipinski definition) is 3. The van der Waals surface area contributed by atoms with Crippen molar-refractivity contribution in [2.24, 2.45) is 4.99 Å². The normalized spacial score (nSPS) is 18.7. The minimum atomic E-state index is 0. The van der Waals surface area contributed by atoms with Gasteiger partial charge >= 0.3 is 0 Å². The highest BCUT2D eigenvalue weighted by molar-refractivity contribution is 14.0. The van der Waals surface area contributed by atoms with Gasteiger partial charge in [0.15, 0.2) is 5.96 Å². The first-order valence-electron chi connectivity index (χ1n) is 11.4. The molecule has 1 aromatic carbocycles. The van der Waals surface area contributed by atoms with Gasteiger partial charge in [-0.3, -0.25) is 14.7 Å². The Labute approximate surface area is 208 Å². The number of guanidine groups is 1. The molecule has 31 heavy (non-hydrogen) atoms. The van der Waals surface area contributed by atoms with Gasteiger partial charge in [0.1, 0.15) is 0 Å². The van der Waals surface area contributed by atoms with Crippen LogP contribution in [0.25, 0.3) is 0 Å². The van der Waals surface area contributed by atoms with E-state index < -0.39 is 0 Å². The van der Waals surface area contributed by atoms with E-state index in [2.05, 4.69) is 65.0 Å². The largest absolute Gasteiger partial charge is 0.357 e. The van der Waals surface area contributed by atoms with Crippen LogP contribution in [0.1, 0.15) is 46.0 Å². The molecule has 3 N–H and O–H groups in total. The predicted octanol–water partition coefficient (Wildman–Crippen LogP) is 3.48. The molecule has 1 aliphatic heterocycles. The number of carbonyl (C=O) groups excluding carboxylic acids is 1. The van der Waals surface area contributed by atoms with Crippen LogP contribution >= 0.6 is 35.7 Å². The Morgan fingerprint density at radius 1 is 1.16 bits per heavy atom. The molecule has 8 heteroatoms. The van der Waals surface area contributed by atoms with Crippen molar-refractivity contribution in [2.75, 3.05) is 39.3 Å². The number of carbonyl (C=O) groups is 1. The molecule has 0 atom stereocenters. The van der Waals surface area contributed by atoms with Crippen molar-refractivity contribution >= 4 is 47.6 Å². The molecule has 0 spiro atoms. The van der Waals surface area contributed by atoms with Crippen LogP contribution in [0.5, 0.6) is 0 Å². The van der Waals surface area contributed by atoms with E-state index in [0.717, 1.165) is 57.9 Å². The Balaban J connectivity index is 0.00000341. The first-order chi connectivity index (χ1) is 14.6. The number of nitrogens with one attached hydrogen (secondary N) is 3. The lowest BCUT2D eigenvalue weighted by Crippen LogP contribution is -2.50. The Hall–Kier alpha value is -1.000. The van der Waals surface area contributed by atoms with Crippen molar-refractivity contribution in [2.45, 2.75) is 61.6 Å². The summed E-state index contributed by atoms with van der Waals surface area (Å²) in [7, 11) is 0. The van der Waals surface area contributed by atoms with Gasteiger partial charge in [-0.2, -0.15) is 0 Å². The molecule has 1 amide bonds. The number of nitrogens with zero attached hydrogens (tertiary/aromatic N) is 2. The van der Waals surface area contributed by atoms with Crippen molar-refractivity contribution in [1.29, 1.82) is 0 Å². The Morgan fingerprint density at radius 3 is 2.48 bits per heavy atom. The highest BCUT2D eigenvalue weighted by atomic mass is 127. The van der Waals surface area contributed by atoms with E-state index in [1.807, 2.05) is 11.8 Å². The maximum absolute atomic E-state index is 11.9. The third-order valence-electron chi connectivity index (χ3n) is 5.62. The van der Waals surface area contributed by atoms with Gasteiger partial charge < -0.3 is 16.0 Å². The van der Waals surface area contributed by atoms with Crippen LogP contribution in [-0.4, -0.2) is 66.8 Å². The summed E-state index contributed by atoms with van der Waals surface area (Å²) in [6.07, 6.45) is 5.52. The van der Waals surface area contributed by atoms with Crippen molar-refractivity contribution in [3.8, 4) is 0 Å². The van der Waals surface area contributed by atoms with Gasteiger partial charge in [0, 0.05) is 41.9 Å². The summed E-state index contributed by atoms with van der Waals surface area (Å²) in [6.45, 7) is 9.07. The van der Waals surface area contributed by atoms with Crippen molar-refractivity contribution in [3.05, 3.63) is 30.3 Å². The molecule has 0 bridgehead atoms. The standard InChI is InChI=1S/C23H37N5OS.HI/c1-3-14-25-21(29)17-28-15-10-19(11-16-28)27-22(24-4-2)26-18-23(12-13-23)30-20-8-6-5-7-9-20;/h5-9,19H,3-4,10-18H2,1-2H3,(H,25,29)(H2,24,26,27);1H. The minimum Gasteiger partial charge on any atom is -0.357 e. The average molecular weight is 560 g/mol. The molecule has 1 heterocycles. The summed E-state index contributed by atoms with van der Waals surface area (Å²) < 4.78 is 0.263. The Kier molecular flexibility index (Phi) is 11.5. The van der Waals surface area contributed by atoms with E-state index >= 15 is 0 Å². The fraction of sp³-hybridized carbons (Fsp3) is 0.652. The summed E-state index contributed by atoms with van der Waals surface area (Å²) in [4.78, 5) is 20.5. The number of piperidine rings is 1. The molecule has 0 unspecified atom stereocenters. The fourth-order valence-electron chi connectivity index (χ4n) is 3.67. The predicted molar refractivity (Wildman–Crippen MR) is 142 cm³/mol. The van der Waals surface area contributed by atoms with E-state index in [4.69, 9.17) is 4.99 Å². The topological polar surface area (TPSA) is 68.8 Å². The Morgan fingerprint density at radius 2 is 1.87 bits per heavy atom. The molecule has 2 fully saturated rings. The SMILES string of the molecule is CCCNC(=O)CN1CCC(NC(=NCC2(Sc3ccccc3)CC2)NCC)CC1.I. The molecule has 1 saturated heterocycles. The smallest absolute Gasteiger partial charge is 0.234 e. The zero-order valence-electron chi connectivity index (χ0n) is 18.9. The molecule has 0 aromatic heterocycles. The van der Waals surface area contributed by atoms with Gasteiger partial charge in [0.05, 0.1) is 13.1 Å². The first kappa shape index (κ1) is 26.3. The highest BCUT2D eigenvalue weighted by Crippen LogP contribution is 2.51. The monoisotopic (exact) mass is 559 g/mol. The van der Waals surface area contributed by atoms with Crippen LogP contribution in [0.15, 0.2) is 40.2 Å². The van der Waals surface area contributed by atoms with Gasteiger partial charge in [-0.15, -0.1) is 35.7 Å². The fourth-order valence-corrected chi connectivity index (χ4v) is 4.89. The van der Waals surface area contributed by atoms with Crippen molar-refractivity contribution < 1.29 is 4.79 Å². The van der Waals surface area contributed by atoms with E-state index in [9.17, 15) is 4.79 Å². The van der Waals surface area contributed by atoms with Gasteiger partial charge in [0.25, 0.3) is 0 Å². The molecule has 6 nitrogen and oxygen atoms in total. The van der Waals surface area contributed by atoms with Crippen LogP contribution in [0, 0.1) is 0 Å². The number of benzene rings is 1. The number of hydrogen-bond acceptors (Lipinski definition) is 4. The van der Waals surface area contributed by atoms with E-state index in [1.54, 1.807) is 0 Å². The number of thioether (sulfide) groups is 1. The second kappa shape index (κ2) is 13.5. The lowest BCUT2D eigenvalue weighted by atomic mass is 10.1. The van der Waals surface area contributed by atoms with Gasteiger partial charge in [-0.05, 0) is 51.2 Å². The molecule has 1 aromatic rings. The summed E-state index contributed by atoms with van der Waals surface area (Å²) in [6, 6.07) is 11.1. The minimum absolute atomic E-state index is 0. The number of rotatable bonds is 10. The van der Waals surface area contributed by atoms with Crippen LogP contribution in [-0.2, 0) is 4.79 Å². The molecular formula is C23H38IN5OS. The van der Waals surface area contributed by atoms with Gasteiger partial charge in [-0.25, -0.2) is 0 Å². The highest BCUT2D eigenvalue weighted by Gasteiger charge is 2.43. The molecule has 174 valence electrons. The van der Waals surface area contributed by atoms with Crippen LogP contribution in [0.4, 0.5) is 0 Å². The number of halogens is 1. The summed E-state index contributed by atoms with van der Waals surface area (Å²) in [5.74, 6) is 1.07. The molecule has 2 aliphatic rings. The van der Waals surface area contributed by atoms with Crippen LogP contribution in [0.3, 0.4) is 0 Å². The van der Waals surface area contributed by atoms with E-state index in [1.165, 1.54) is 17.7 Å². The third kappa shape index (κ3) is 9.18. The van der Waals surface area contributed by atoms with Gasteiger partial charge in [0.2, 0.25) is 5.91 Å². The third-order valence-corrected chi connectivity index (χ3v) is 7.10. The van der Waals surface area contributed by atoms with E-state index in [-0.39, 0.29) is 34.6 Å². The second-order valence-electron chi connectivity index (χ2n) is 8.34. The zero-order valence-corrected chi connectivity index (χ0v) is 22.0. The lowest BCUT2D eigenvalue weighted by Gasteiger charge is -2.32. The lowest BCUT2D eigenvalue weighted by molar-refractivity contribution is -0.122. The Bertz CT molecular complexity index is 690. The molecule has 1 aliphatic carbocycles. The summed E-state index contributed by atoms with van der Waals surface area (Å²) >= 11 is 1.97. The van der Waals surface area contributed by atoms with E-state index in [0.29, 0.717) is 12.6 Å². The summed E-state index contributed by atoms with van der Waals surface area (Å²) in [5, 5.41) is 10.0. The number of aliphatic imine (C=N–C) groups is 1. The quantitative estimate of drug-likeness (QED) is 0.233. The van der Waals surface area contributed by atoms with Crippen LogP contribution in [0.2, 0.25) is 0 Å². The second-order valence-corrected chi connectivity index (χ2v) is 9.88. The maximum atomic E-state index is 11.9. The molecular weight excluding hydrogens is 521 g/mol. The summed E-state index contributed by atoms with van der Waals surface area (Å²) in [5.41, 5.74) is 0. The number of likely N-dealkylation sites (tertiary alicyclic amines) is 1. The maximum Gasteiger partial charge on any atom is 0.234 e. The average Bonchev–Trinajstić information content (AvgIpc) is 3.52. The zero-order chi connectivity index (χ0) is 21.2. The molecule has 3 rings (SSSR count). The first-order valence-corrected chi connectivity index (χ1v) is 12.2. The molecule has 0 radical (unpaired) electrons. The number of amides is 1. The van der Waals surface area contributed by atoms with Crippen LogP contribution < -0.4 is 16.0 Å².